The summed E-state index contributed by atoms with van der Waals surface area (Å²) < 4.78 is 5.30. The highest BCUT2D eigenvalue weighted by Gasteiger charge is 2.34. The van der Waals surface area contributed by atoms with Crippen LogP contribution in [0.15, 0.2) is 30.3 Å². The second-order valence-electron chi connectivity index (χ2n) is 5.91. The molecule has 1 aromatic rings. The second kappa shape index (κ2) is 7.16. The molecule has 1 heterocycles. The molecule has 1 aliphatic heterocycles. The number of Topliss-reactive ketones (excluding diaryl/α,β-unsaturated/α-hetero) is 1. The van der Waals surface area contributed by atoms with Gasteiger partial charge in [-0.05, 0) is 13.5 Å². The van der Waals surface area contributed by atoms with E-state index in [1.165, 1.54) is 0 Å². The van der Waals surface area contributed by atoms with E-state index in [9.17, 15) is 9.90 Å². The zero-order chi connectivity index (χ0) is 15.3. The van der Waals surface area contributed by atoms with Crippen LogP contribution in [-0.2, 0) is 4.74 Å². The van der Waals surface area contributed by atoms with Crippen molar-refractivity contribution < 1.29 is 14.6 Å². The van der Waals surface area contributed by atoms with Gasteiger partial charge in [0.05, 0.1) is 11.6 Å². The Balaban J connectivity index is 2.04. The smallest absolute Gasteiger partial charge is 0.179 e. The number of benzene rings is 1. The van der Waals surface area contributed by atoms with Gasteiger partial charge in [0, 0.05) is 38.2 Å². The molecule has 1 fully saturated rings. The van der Waals surface area contributed by atoms with Crippen molar-refractivity contribution in [1.82, 2.24) is 4.90 Å². The van der Waals surface area contributed by atoms with Gasteiger partial charge in [-0.1, -0.05) is 37.3 Å². The average molecular weight is 291 g/mol. The SMILES string of the molecule is CCC(C(=O)c1ccccc1)N(C)CC1(O)CCOCC1. The van der Waals surface area contributed by atoms with Gasteiger partial charge >= 0.3 is 0 Å². The molecule has 4 nitrogen and oxygen atoms in total. The zero-order valence-corrected chi connectivity index (χ0v) is 12.9. The van der Waals surface area contributed by atoms with Gasteiger partial charge in [0.2, 0.25) is 0 Å². The fourth-order valence-corrected chi connectivity index (χ4v) is 2.98. The Bertz CT molecular complexity index is 454. The third-order valence-corrected chi connectivity index (χ3v) is 4.25. The highest BCUT2D eigenvalue weighted by molar-refractivity contribution is 6.00. The predicted octanol–water partition coefficient (Wildman–Crippen LogP) is 2.12. The van der Waals surface area contributed by atoms with Crippen molar-refractivity contribution in [2.45, 2.75) is 37.8 Å². The summed E-state index contributed by atoms with van der Waals surface area (Å²) in [5.41, 5.74) is -0.00707. The molecule has 116 valence electrons. The number of carbonyl (C=O) groups excluding carboxylic acids is 1. The van der Waals surface area contributed by atoms with E-state index in [4.69, 9.17) is 4.74 Å². The Morgan fingerprint density at radius 3 is 2.52 bits per heavy atom. The normalized spacial score (nSPS) is 19.4. The molecule has 0 aromatic heterocycles. The molecular weight excluding hydrogens is 266 g/mol. The summed E-state index contributed by atoms with van der Waals surface area (Å²) in [5.74, 6) is 0.122. The van der Waals surface area contributed by atoms with Crippen molar-refractivity contribution in [1.29, 1.82) is 0 Å². The molecule has 0 spiro atoms. The molecular formula is C17H25NO3. The van der Waals surface area contributed by atoms with E-state index in [1.807, 2.05) is 49.2 Å². The topological polar surface area (TPSA) is 49.8 Å². The van der Waals surface area contributed by atoms with E-state index >= 15 is 0 Å². The van der Waals surface area contributed by atoms with Crippen LogP contribution in [0.2, 0.25) is 0 Å². The quantitative estimate of drug-likeness (QED) is 0.816. The van der Waals surface area contributed by atoms with Gasteiger partial charge in [-0.3, -0.25) is 9.69 Å². The summed E-state index contributed by atoms with van der Waals surface area (Å²) in [6.45, 7) is 3.70. The lowest BCUT2D eigenvalue weighted by molar-refractivity contribution is -0.0798. The molecule has 2 rings (SSSR count). The van der Waals surface area contributed by atoms with Gasteiger partial charge in [0.1, 0.15) is 0 Å². The summed E-state index contributed by atoms with van der Waals surface area (Å²) in [6.07, 6.45) is 2.00. The fraction of sp³-hybridized carbons (Fsp3) is 0.588. The summed E-state index contributed by atoms with van der Waals surface area (Å²) in [7, 11) is 1.92. The fourth-order valence-electron chi connectivity index (χ4n) is 2.98. The molecule has 1 N–H and O–H groups in total. The van der Waals surface area contributed by atoms with E-state index < -0.39 is 5.60 Å². The maximum Gasteiger partial charge on any atom is 0.179 e. The largest absolute Gasteiger partial charge is 0.388 e. The lowest BCUT2D eigenvalue weighted by Crippen LogP contribution is -2.50. The first-order valence-corrected chi connectivity index (χ1v) is 7.65. The molecule has 1 atom stereocenters. The minimum absolute atomic E-state index is 0.122. The molecule has 0 amide bonds. The molecule has 21 heavy (non-hydrogen) atoms. The Morgan fingerprint density at radius 2 is 1.95 bits per heavy atom. The first-order chi connectivity index (χ1) is 10.1. The third kappa shape index (κ3) is 4.13. The number of aliphatic hydroxyl groups is 1. The van der Waals surface area contributed by atoms with Crippen LogP contribution in [0, 0.1) is 0 Å². The van der Waals surface area contributed by atoms with Crippen LogP contribution in [0.3, 0.4) is 0 Å². The molecule has 4 heteroatoms. The Morgan fingerprint density at radius 1 is 1.33 bits per heavy atom. The number of ketones is 1. The van der Waals surface area contributed by atoms with Crippen LogP contribution in [0.5, 0.6) is 0 Å². The number of ether oxygens (including phenoxy) is 1. The van der Waals surface area contributed by atoms with Gasteiger partial charge in [0.15, 0.2) is 5.78 Å². The number of likely N-dealkylation sites (N-methyl/N-ethyl adjacent to an activating group) is 1. The van der Waals surface area contributed by atoms with Crippen LogP contribution in [0.1, 0.15) is 36.5 Å². The van der Waals surface area contributed by atoms with E-state index in [0.29, 0.717) is 32.6 Å². The van der Waals surface area contributed by atoms with Crippen molar-refractivity contribution in [2.75, 3.05) is 26.8 Å². The number of hydrogen-bond acceptors (Lipinski definition) is 4. The minimum Gasteiger partial charge on any atom is -0.388 e. The van der Waals surface area contributed by atoms with E-state index in [2.05, 4.69) is 0 Å². The zero-order valence-electron chi connectivity index (χ0n) is 12.9. The number of nitrogens with zero attached hydrogens (tertiary/aromatic N) is 1. The molecule has 0 saturated carbocycles. The Hall–Kier alpha value is -1.23. The highest BCUT2D eigenvalue weighted by atomic mass is 16.5. The molecule has 1 aliphatic rings. The van der Waals surface area contributed by atoms with Crippen molar-refractivity contribution >= 4 is 5.78 Å². The van der Waals surface area contributed by atoms with Crippen LogP contribution < -0.4 is 0 Å². The van der Waals surface area contributed by atoms with E-state index in [1.54, 1.807) is 0 Å². The maximum atomic E-state index is 12.6. The number of carbonyl (C=O) groups is 1. The highest BCUT2D eigenvalue weighted by Crippen LogP contribution is 2.23. The van der Waals surface area contributed by atoms with Gasteiger partial charge in [-0.2, -0.15) is 0 Å². The maximum absolute atomic E-state index is 12.6. The summed E-state index contributed by atoms with van der Waals surface area (Å²) in [4.78, 5) is 14.6. The molecule has 0 radical (unpaired) electrons. The van der Waals surface area contributed by atoms with Gasteiger partial charge in [0.25, 0.3) is 0 Å². The number of hydrogen-bond donors (Lipinski definition) is 1. The first kappa shape index (κ1) is 16.1. The van der Waals surface area contributed by atoms with Gasteiger partial charge in [-0.15, -0.1) is 0 Å². The molecule has 0 aliphatic carbocycles. The predicted molar refractivity (Wildman–Crippen MR) is 82.5 cm³/mol. The minimum atomic E-state index is -0.739. The molecule has 1 saturated heterocycles. The van der Waals surface area contributed by atoms with Crippen molar-refractivity contribution in [2.24, 2.45) is 0 Å². The van der Waals surface area contributed by atoms with Gasteiger partial charge in [-0.25, -0.2) is 0 Å². The van der Waals surface area contributed by atoms with E-state index in [0.717, 1.165) is 12.0 Å². The Labute approximate surface area is 126 Å². The van der Waals surface area contributed by atoms with Crippen LogP contribution >= 0.6 is 0 Å². The van der Waals surface area contributed by atoms with Crippen LogP contribution in [-0.4, -0.2) is 54.2 Å². The summed E-state index contributed by atoms with van der Waals surface area (Å²) in [6, 6.07) is 9.17. The van der Waals surface area contributed by atoms with Crippen LogP contribution in [0.25, 0.3) is 0 Å². The average Bonchev–Trinajstić information content (AvgIpc) is 2.49. The summed E-state index contributed by atoms with van der Waals surface area (Å²) >= 11 is 0. The first-order valence-electron chi connectivity index (χ1n) is 7.65. The van der Waals surface area contributed by atoms with Gasteiger partial charge < -0.3 is 9.84 Å². The Kier molecular flexibility index (Phi) is 5.51. The second-order valence-corrected chi connectivity index (χ2v) is 5.91. The van der Waals surface area contributed by atoms with Crippen molar-refractivity contribution in [3.63, 3.8) is 0 Å². The lowest BCUT2D eigenvalue weighted by Gasteiger charge is -2.37. The van der Waals surface area contributed by atoms with Crippen molar-refractivity contribution in [3.8, 4) is 0 Å². The van der Waals surface area contributed by atoms with E-state index in [-0.39, 0.29) is 11.8 Å². The monoisotopic (exact) mass is 291 g/mol. The standard InChI is InChI=1S/C17H25NO3/c1-3-15(16(19)14-7-5-4-6-8-14)18(2)13-17(20)9-11-21-12-10-17/h4-8,15,20H,3,9-13H2,1-2H3. The third-order valence-electron chi connectivity index (χ3n) is 4.25. The lowest BCUT2D eigenvalue weighted by atomic mass is 9.92. The molecule has 1 unspecified atom stereocenters. The van der Waals surface area contributed by atoms with Crippen molar-refractivity contribution in [3.05, 3.63) is 35.9 Å². The van der Waals surface area contributed by atoms with Crippen LogP contribution in [0.4, 0.5) is 0 Å². The summed E-state index contributed by atoms with van der Waals surface area (Å²) in [5, 5.41) is 10.6. The molecule has 1 aromatic carbocycles. The number of rotatable bonds is 6. The molecule has 0 bridgehead atoms.